The van der Waals surface area contributed by atoms with Gasteiger partial charge in [-0.2, -0.15) is 0 Å². The number of nitrogen functional groups attached to an aromatic ring is 1. The molecule has 0 atom stereocenters. The second kappa shape index (κ2) is 10.8. The van der Waals surface area contributed by atoms with Crippen LogP contribution in [0.4, 0.5) is 23.0 Å². The number of nitrogens with zero attached hydrogens (tertiary/aromatic N) is 4. The van der Waals surface area contributed by atoms with E-state index in [1.54, 1.807) is 25.3 Å². The van der Waals surface area contributed by atoms with Gasteiger partial charge in [-0.3, -0.25) is 4.90 Å². The highest BCUT2D eigenvalue weighted by atomic mass is 35.5. The highest BCUT2D eigenvalue weighted by molar-refractivity contribution is 6.31. The molecule has 1 fully saturated rings. The van der Waals surface area contributed by atoms with E-state index in [1.165, 1.54) is 17.5 Å². The molecule has 0 bridgehead atoms. The Balaban J connectivity index is 1.35. The third-order valence-corrected chi connectivity index (χ3v) is 6.72. The van der Waals surface area contributed by atoms with Crippen LogP contribution in [0.5, 0.6) is 5.75 Å². The van der Waals surface area contributed by atoms with Crippen molar-refractivity contribution in [2.75, 3.05) is 49.2 Å². The summed E-state index contributed by atoms with van der Waals surface area (Å²) in [6.45, 7) is 3.36. The molecule has 8 heteroatoms. The van der Waals surface area contributed by atoms with E-state index in [1.807, 2.05) is 0 Å². The molecule has 0 amide bonds. The van der Waals surface area contributed by atoms with Gasteiger partial charge in [0.1, 0.15) is 17.8 Å². The van der Waals surface area contributed by atoms with Crippen molar-refractivity contribution in [3.63, 3.8) is 0 Å². The SMILES string of the molecule is COc1ccc(Cl)cc1Nc1ncnc(N2CCN(C(c3ccccc3)c3ccccc3)CC2)c1N. The van der Waals surface area contributed by atoms with Crippen molar-refractivity contribution in [3.8, 4) is 5.75 Å². The number of methoxy groups -OCH3 is 1. The Morgan fingerprint density at radius 1 is 0.889 bits per heavy atom. The summed E-state index contributed by atoms with van der Waals surface area (Å²) in [4.78, 5) is 13.6. The standard InChI is InChI=1S/C28H29ClN6O/c1-36-24-13-12-22(29)18-23(24)33-27-25(30)28(32-19-31-27)35-16-14-34(15-17-35)26(20-8-4-2-5-9-20)21-10-6-3-7-11-21/h2-13,18-19,26H,14-17,30H2,1H3,(H,31,32,33). The fourth-order valence-corrected chi connectivity index (χ4v) is 4.89. The number of piperazine rings is 1. The van der Waals surface area contributed by atoms with Gasteiger partial charge < -0.3 is 20.7 Å². The van der Waals surface area contributed by atoms with Crippen LogP contribution in [-0.4, -0.2) is 48.2 Å². The number of nitrogens with one attached hydrogen (secondary N) is 1. The fourth-order valence-electron chi connectivity index (χ4n) is 4.72. The molecule has 0 saturated carbocycles. The third kappa shape index (κ3) is 5.08. The normalized spacial score (nSPS) is 14.1. The van der Waals surface area contributed by atoms with Crippen molar-refractivity contribution in [3.05, 3.63) is 101 Å². The number of aromatic nitrogens is 2. The van der Waals surface area contributed by atoms with E-state index in [2.05, 4.69) is 85.7 Å². The lowest BCUT2D eigenvalue weighted by atomic mass is 9.96. The maximum Gasteiger partial charge on any atom is 0.159 e. The fraction of sp³-hybridized carbons (Fsp3) is 0.214. The van der Waals surface area contributed by atoms with Crippen molar-refractivity contribution in [1.29, 1.82) is 0 Å². The Labute approximate surface area is 216 Å². The van der Waals surface area contributed by atoms with Crippen LogP contribution < -0.4 is 20.7 Å². The lowest BCUT2D eigenvalue weighted by Crippen LogP contribution is -2.48. The number of hydrogen-bond acceptors (Lipinski definition) is 7. The lowest BCUT2D eigenvalue weighted by Gasteiger charge is -2.40. The Morgan fingerprint density at radius 3 is 2.14 bits per heavy atom. The summed E-state index contributed by atoms with van der Waals surface area (Å²) in [5.74, 6) is 1.90. The molecule has 36 heavy (non-hydrogen) atoms. The second-order valence-electron chi connectivity index (χ2n) is 8.68. The predicted octanol–water partition coefficient (Wildman–Crippen LogP) is 5.38. The topological polar surface area (TPSA) is 79.5 Å². The molecule has 1 saturated heterocycles. The first kappa shape index (κ1) is 23.9. The first-order chi connectivity index (χ1) is 17.6. The van der Waals surface area contributed by atoms with Gasteiger partial charge in [0.15, 0.2) is 11.6 Å². The van der Waals surface area contributed by atoms with Crippen LogP contribution >= 0.6 is 11.6 Å². The van der Waals surface area contributed by atoms with Gasteiger partial charge in [-0.05, 0) is 29.3 Å². The maximum absolute atomic E-state index is 6.55. The zero-order valence-corrected chi connectivity index (χ0v) is 20.9. The number of nitrogens with two attached hydrogens (primary N) is 1. The average Bonchev–Trinajstić information content (AvgIpc) is 2.92. The van der Waals surface area contributed by atoms with Crippen LogP contribution in [0.15, 0.2) is 85.2 Å². The number of ether oxygens (including phenoxy) is 1. The number of anilines is 4. The molecule has 7 nitrogen and oxygen atoms in total. The first-order valence-electron chi connectivity index (χ1n) is 11.9. The van der Waals surface area contributed by atoms with E-state index in [0.717, 1.165) is 32.0 Å². The molecule has 0 aliphatic carbocycles. The number of rotatable bonds is 7. The van der Waals surface area contributed by atoms with Gasteiger partial charge in [0, 0.05) is 31.2 Å². The van der Waals surface area contributed by atoms with Gasteiger partial charge in [-0.25, -0.2) is 9.97 Å². The quantitative estimate of drug-likeness (QED) is 0.353. The zero-order valence-electron chi connectivity index (χ0n) is 20.1. The molecule has 184 valence electrons. The smallest absolute Gasteiger partial charge is 0.159 e. The Hall–Kier alpha value is -3.81. The number of benzene rings is 3. The summed E-state index contributed by atoms with van der Waals surface area (Å²) in [6.07, 6.45) is 1.54. The molecular weight excluding hydrogens is 472 g/mol. The minimum absolute atomic E-state index is 0.199. The van der Waals surface area contributed by atoms with Crippen LogP contribution in [0.3, 0.4) is 0 Å². The molecule has 2 heterocycles. The van der Waals surface area contributed by atoms with Crippen molar-refractivity contribution in [2.45, 2.75) is 6.04 Å². The largest absolute Gasteiger partial charge is 0.495 e. The monoisotopic (exact) mass is 500 g/mol. The van der Waals surface area contributed by atoms with Gasteiger partial charge in [0.05, 0.1) is 18.8 Å². The van der Waals surface area contributed by atoms with E-state index >= 15 is 0 Å². The number of hydrogen-bond donors (Lipinski definition) is 2. The molecule has 4 aromatic rings. The third-order valence-electron chi connectivity index (χ3n) is 6.49. The van der Waals surface area contributed by atoms with Crippen molar-refractivity contribution >= 4 is 34.6 Å². The highest BCUT2D eigenvalue weighted by Gasteiger charge is 2.28. The van der Waals surface area contributed by atoms with Crippen molar-refractivity contribution in [1.82, 2.24) is 14.9 Å². The Kier molecular flexibility index (Phi) is 7.21. The molecule has 3 aromatic carbocycles. The van der Waals surface area contributed by atoms with E-state index in [-0.39, 0.29) is 6.04 Å². The van der Waals surface area contributed by atoms with Gasteiger partial charge in [0.25, 0.3) is 0 Å². The lowest BCUT2D eigenvalue weighted by molar-refractivity contribution is 0.212. The van der Waals surface area contributed by atoms with E-state index in [0.29, 0.717) is 28.0 Å². The summed E-state index contributed by atoms with van der Waals surface area (Å²) < 4.78 is 5.44. The van der Waals surface area contributed by atoms with Crippen LogP contribution in [0.25, 0.3) is 0 Å². The van der Waals surface area contributed by atoms with Crippen molar-refractivity contribution < 1.29 is 4.74 Å². The first-order valence-corrected chi connectivity index (χ1v) is 12.3. The van der Waals surface area contributed by atoms with Gasteiger partial charge in [-0.1, -0.05) is 72.3 Å². The van der Waals surface area contributed by atoms with E-state index in [9.17, 15) is 0 Å². The van der Waals surface area contributed by atoms with E-state index < -0.39 is 0 Å². The van der Waals surface area contributed by atoms with Gasteiger partial charge in [-0.15, -0.1) is 0 Å². The summed E-state index contributed by atoms with van der Waals surface area (Å²) in [5, 5.41) is 3.85. The predicted molar refractivity (Wildman–Crippen MR) is 146 cm³/mol. The maximum atomic E-state index is 6.55. The summed E-state index contributed by atoms with van der Waals surface area (Å²) in [5.41, 5.74) is 10.3. The molecule has 0 radical (unpaired) electrons. The zero-order chi connectivity index (χ0) is 24.9. The Bertz CT molecular complexity index is 1260. The highest BCUT2D eigenvalue weighted by Crippen LogP contribution is 2.35. The molecule has 0 spiro atoms. The molecular formula is C28H29ClN6O. The van der Waals surface area contributed by atoms with Crippen LogP contribution in [0.1, 0.15) is 17.2 Å². The molecule has 0 unspecified atom stereocenters. The summed E-state index contributed by atoms with van der Waals surface area (Å²) >= 11 is 6.19. The van der Waals surface area contributed by atoms with Gasteiger partial charge in [0.2, 0.25) is 0 Å². The second-order valence-corrected chi connectivity index (χ2v) is 9.11. The average molecular weight is 501 g/mol. The van der Waals surface area contributed by atoms with Crippen LogP contribution in [0, 0.1) is 0 Å². The van der Waals surface area contributed by atoms with E-state index in [4.69, 9.17) is 22.1 Å². The summed E-state index contributed by atoms with van der Waals surface area (Å²) in [7, 11) is 1.61. The molecule has 1 aliphatic rings. The van der Waals surface area contributed by atoms with Crippen LogP contribution in [0.2, 0.25) is 5.02 Å². The summed E-state index contributed by atoms with van der Waals surface area (Å²) in [6, 6.07) is 26.9. The minimum atomic E-state index is 0.199. The molecule has 5 rings (SSSR count). The van der Waals surface area contributed by atoms with Crippen molar-refractivity contribution in [2.24, 2.45) is 0 Å². The van der Waals surface area contributed by atoms with Crippen LogP contribution in [-0.2, 0) is 0 Å². The minimum Gasteiger partial charge on any atom is -0.495 e. The molecule has 3 N–H and O–H groups in total. The molecule has 1 aromatic heterocycles. The van der Waals surface area contributed by atoms with Gasteiger partial charge >= 0.3 is 0 Å². The Morgan fingerprint density at radius 2 is 1.53 bits per heavy atom. The molecule has 1 aliphatic heterocycles. The number of halogens is 1.